The van der Waals surface area contributed by atoms with E-state index >= 15 is 0 Å². The van der Waals surface area contributed by atoms with Crippen molar-refractivity contribution >= 4 is 29.4 Å². The maximum atomic E-state index is 11.2. The summed E-state index contributed by atoms with van der Waals surface area (Å²) in [4.78, 5) is 15.1. The zero-order valence-corrected chi connectivity index (χ0v) is 19.3. The van der Waals surface area contributed by atoms with Crippen molar-refractivity contribution in [1.29, 1.82) is 5.26 Å². The second kappa shape index (κ2) is 9.74. The molecule has 0 N–H and O–H groups in total. The maximum Gasteiger partial charge on any atom is 0.288 e. The van der Waals surface area contributed by atoms with Gasteiger partial charge in [-0.15, -0.1) is 0 Å². The van der Waals surface area contributed by atoms with E-state index in [1.165, 1.54) is 18.3 Å². The van der Waals surface area contributed by atoms with E-state index in [9.17, 15) is 15.4 Å². The molecule has 5 aromatic rings. The van der Waals surface area contributed by atoms with Crippen molar-refractivity contribution in [2.24, 2.45) is 4.99 Å². The highest BCUT2D eigenvalue weighted by molar-refractivity contribution is 6.32. The molecule has 0 fully saturated rings. The van der Waals surface area contributed by atoms with Crippen LogP contribution in [0.25, 0.3) is 33.8 Å². The van der Waals surface area contributed by atoms with Crippen LogP contribution in [0.1, 0.15) is 11.3 Å². The Hall–Kier alpha value is -4.93. The first kappa shape index (κ1) is 22.8. The molecule has 3 aromatic carbocycles. The second-order valence-corrected chi connectivity index (χ2v) is 8.12. The summed E-state index contributed by atoms with van der Waals surface area (Å²) in [6.45, 7) is 0. The first-order chi connectivity index (χ1) is 17.5. The van der Waals surface area contributed by atoms with E-state index in [0.717, 1.165) is 11.1 Å². The van der Waals surface area contributed by atoms with Gasteiger partial charge in [0.25, 0.3) is 5.69 Å². The van der Waals surface area contributed by atoms with Gasteiger partial charge in [-0.3, -0.25) is 10.1 Å². The van der Waals surface area contributed by atoms with Crippen LogP contribution in [-0.2, 0) is 0 Å². The molecule has 0 aliphatic heterocycles. The van der Waals surface area contributed by atoms with Gasteiger partial charge in [0.05, 0.1) is 11.1 Å². The molecule has 0 atom stereocenters. The van der Waals surface area contributed by atoms with Gasteiger partial charge in [-0.25, -0.2) is 4.99 Å². The molecule has 2 aromatic heterocycles. The zero-order chi connectivity index (χ0) is 25.1. The number of benzene rings is 3. The van der Waals surface area contributed by atoms with Gasteiger partial charge in [0.2, 0.25) is 5.88 Å². The molecule has 0 aliphatic rings. The largest absolute Gasteiger partial charge is 0.455 e. The van der Waals surface area contributed by atoms with Crippen LogP contribution in [0.2, 0.25) is 5.02 Å². The van der Waals surface area contributed by atoms with Gasteiger partial charge in [-0.1, -0.05) is 72.3 Å². The Morgan fingerprint density at radius 3 is 2.25 bits per heavy atom. The molecular formula is C28H16ClN3O4. The fraction of sp³-hybridized carbons (Fsp3) is 0. The van der Waals surface area contributed by atoms with E-state index in [4.69, 9.17) is 20.4 Å². The van der Waals surface area contributed by atoms with Crippen molar-refractivity contribution < 1.29 is 13.8 Å². The normalized spacial score (nSPS) is 11.0. The van der Waals surface area contributed by atoms with E-state index < -0.39 is 4.92 Å². The lowest BCUT2D eigenvalue weighted by atomic mass is 9.98. The minimum absolute atomic E-state index is 0.0439. The Labute approximate surface area is 210 Å². The molecule has 7 nitrogen and oxygen atoms in total. The fourth-order valence-corrected chi connectivity index (χ4v) is 3.98. The van der Waals surface area contributed by atoms with Gasteiger partial charge in [0.15, 0.2) is 0 Å². The molecule has 0 amide bonds. The van der Waals surface area contributed by atoms with Crippen LogP contribution in [0.15, 0.2) is 105 Å². The predicted molar refractivity (Wildman–Crippen MR) is 137 cm³/mol. The monoisotopic (exact) mass is 493 g/mol. The molecule has 36 heavy (non-hydrogen) atoms. The van der Waals surface area contributed by atoms with Crippen LogP contribution in [-0.4, -0.2) is 11.1 Å². The van der Waals surface area contributed by atoms with E-state index in [1.54, 1.807) is 18.2 Å². The quantitative estimate of drug-likeness (QED) is 0.135. The number of hydrogen-bond acceptors (Lipinski definition) is 6. The molecule has 0 radical (unpaired) electrons. The number of hydrogen-bond donors (Lipinski definition) is 0. The summed E-state index contributed by atoms with van der Waals surface area (Å²) in [5.74, 6) is 1.48. The third-order valence-corrected chi connectivity index (χ3v) is 5.78. The van der Waals surface area contributed by atoms with Gasteiger partial charge in [0.1, 0.15) is 33.9 Å². The molecule has 0 aliphatic carbocycles. The molecule has 0 unspecified atom stereocenters. The van der Waals surface area contributed by atoms with Crippen LogP contribution >= 0.6 is 11.6 Å². The Kier molecular flexibility index (Phi) is 6.18. The Bertz CT molecular complexity index is 1630. The van der Waals surface area contributed by atoms with Gasteiger partial charge < -0.3 is 8.83 Å². The van der Waals surface area contributed by atoms with Crippen LogP contribution in [0, 0.1) is 21.4 Å². The van der Waals surface area contributed by atoms with Crippen molar-refractivity contribution in [1.82, 2.24) is 0 Å². The summed E-state index contributed by atoms with van der Waals surface area (Å²) < 4.78 is 11.9. The highest BCUT2D eigenvalue weighted by Gasteiger charge is 2.22. The lowest BCUT2D eigenvalue weighted by Gasteiger charge is -2.03. The second-order valence-electron chi connectivity index (χ2n) is 7.71. The van der Waals surface area contributed by atoms with Crippen LogP contribution in [0.4, 0.5) is 11.6 Å². The number of halogens is 1. The van der Waals surface area contributed by atoms with Crippen LogP contribution in [0.3, 0.4) is 0 Å². The van der Waals surface area contributed by atoms with Gasteiger partial charge >= 0.3 is 0 Å². The summed E-state index contributed by atoms with van der Waals surface area (Å²) in [7, 11) is 0. The lowest BCUT2D eigenvalue weighted by molar-refractivity contribution is -0.384. The van der Waals surface area contributed by atoms with Gasteiger partial charge in [-0.2, -0.15) is 5.26 Å². The average molecular weight is 494 g/mol. The summed E-state index contributed by atoms with van der Waals surface area (Å²) >= 11 is 5.90. The molecule has 174 valence electrons. The first-order valence-electron chi connectivity index (χ1n) is 10.8. The summed E-state index contributed by atoms with van der Waals surface area (Å²) in [6.07, 6.45) is 1.44. The molecular weight excluding hydrogens is 478 g/mol. The van der Waals surface area contributed by atoms with E-state index in [2.05, 4.69) is 11.1 Å². The topological polar surface area (TPSA) is 106 Å². The summed E-state index contributed by atoms with van der Waals surface area (Å²) in [6, 6.07) is 29.0. The molecule has 0 saturated heterocycles. The number of nitriles is 1. The van der Waals surface area contributed by atoms with E-state index in [-0.39, 0.29) is 16.6 Å². The molecule has 2 heterocycles. The number of nitrogens with zero attached hydrogens (tertiary/aromatic N) is 3. The third-order valence-electron chi connectivity index (χ3n) is 5.46. The van der Waals surface area contributed by atoms with E-state index in [1.807, 2.05) is 60.7 Å². The smallest absolute Gasteiger partial charge is 0.288 e. The standard InChI is InChI=1S/C28H16ClN3O4/c29-23-13-11-20(15-24(23)32(33)34)25-14-12-21(35-25)17-31-28-22(16-30)26(18-7-3-1-4-8-18)27(36-28)19-9-5-2-6-10-19/h1-15,17H. The zero-order valence-electron chi connectivity index (χ0n) is 18.6. The van der Waals surface area contributed by atoms with E-state index in [0.29, 0.717) is 34.0 Å². The van der Waals surface area contributed by atoms with Crippen molar-refractivity contribution in [2.45, 2.75) is 0 Å². The number of rotatable bonds is 6. The number of nitro benzene ring substituents is 1. The van der Waals surface area contributed by atoms with Gasteiger partial charge in [-0.05, 0) is 29.8 Å². The number of aliphatic imine (C=N–C) groups is 1. The molecule has 0 bridgehead atoms. The molecule has 8 heteroatoms. The minimum Gasteiger partial charge on any atom is -0.455 e. The Morgan fingerprint density at radius 1 is 0.889 bits per heavy atom. The van der Waals surface area contributed by atoms with Crippen molar-refractivity contribution in [3.8, 4) is 39.8 Å². The van der Waals surface area contributed by atoms with Crippen molar-refractivity contribution in [3.05, 3.63) is 117 Å². The Balaban J connectivity index is 1.53. The predicted octanol–water partition coefficient (Wildman–Crippen LogP) is 8.06. The Morgan fingerprint density at radius 2 is 1.58 bits per heavy atom. The molecule has 0 spiro atoms. The average Bonchev–Trinajstić information content (AvgIpc) is 3.53. The molecule has 5 rings (SSSR count). The fourth-order valence-electron chi connectivity index (χ4n) is 3.79. The summed E-state index contributed by atoms with van der Waals surface area (Å²) in [5.41, 5.74) is 2.90. The van der Waals surface area contributed by atoms with Crippen LogP contribution in [0.5, 0.6) is 0 Å². The maximum absolute atomic E-state index is 11.2. The first-order valence-corrected chi connectivity index (χ1v) is 11.2. The number of furan rings is 2. The molecule has 0 saturated carbocycles. The third kappa shape index (κ3) is 4.41. The summed E-state index contributed by atoms with van der Waals surface area (Å²) in [5, 5.41) is 21.2. The van der Waals surface area contributed by atoms with Crippen molar-refractivity contribution in [2.75, 3.05) is 0 Å². The number of nitro groups is 1. The van der Waals surface area contributed by atoms with Crippen molar-refractivity contribution in [3.63, 3.8) is 0 Å². The minimum atomic E-state index is -0.549. The SMILES string of the molecule is N#Cc1c(N=Cc2ccc(-c3ccc(Cl)c([N+](=O)[O-])c3)o2)oc(-c2ccccc2)c1-c1ccccc1. The highest BCUT2D eigenvalue weighted by Crippen LogP contribution is 2.42. The van der Waals surface area contributed by atoms with Crippen LogP contribution < -0.4 is 0 Å². The highest BCUT2D eigenvalue weighted by atomic mass is 35.5. The van der Waals surface area contributed by atoms with Gasteiger partial charge in [0, 0.05) is 22.8 Å². The lowest BCUT2D eigenvalue weighted by Crippen LogP contribution is -1.89.